The number of hydrogen-bond acceptors (Lipinski definition) is 3. The van der Waals surface area contributed by atoms with Crippen molar-refractivity contribution >= 4 is 38.9 Å². The average Bonchev–Trinajstić information content (AvgIpc) is 2.48. The van der Waals surface area contributed by atoms with Crippen LogP contribution >= 0.6 is 23.2 Å². The minimum Gasteiger partial charge on any atom is -0.381 e. The fourth-order valence-corrected chi connectivity index (χ4v) is 2.92. The Balaban J connectivity index is 2.18. The lowest BCUT2D eigenvalue weighted by Gasteiger charge is -2.10. The summed E-state index contributed by atoms with van der Waals surface area (Å²) < 4.78 is 25.8. The van der Waals surface area contributed by atoms with Gasteiger partial charge < -0.3 is 5.32 Å². The van der Waals surface area contributed by atoms with Crippen LogP contribution in [0.2, 0.25) is 10.0 Å². The molecule has 0 saturated heterocycles. The Morgan fingerprint density at radius 1 is 1.10 bits per heavy atom. The summed E-state index contributed by atoms with van der Waals surface area (Å²) in [4.78, 5) is 0.201. The maximum atomic E-state index is 11.7. The first-order valence-electron chi connectivity index (χ1n) is 6.14. The molecule has 112 valence electrons. The molecule has 7 heteroatoms. The van der Waals surface area contributed by atoms with Crippen LogP contribution in [0.3, 0.4) is 0 Å². The summed E-state index contributed by atoms with van der Waals surface area (Å²) in [5.41, 5.74) is 1.52. The molecule has 2 N–H and O–H groups in total. The molecule has 0 heterocycles. The molecule has 0 aliphatic rings. The Kier molecular flexibility index (Phi) is 5.11. The van der Waals surface area contributed by atoms with Gasteiger partial charge in [0.05, 0.1) is 4.90 Å². The molecule has 0 aliphatic heterocycles. The third-order valence-corrected chi connectivity index (χ3v) is 4.92. The molecule has 0 amide bonds. The lowest BCUT2D eigenvalue weighted by atomic mass is 10.2. The van der Waals surface area contributed by atoms with Crippen LogP contribution < -0.4 is 10.0 Å². The average molecular weight is 345 g/mol. The summed E-state index contributed by atoms with van der Waals surface area (Å²) in [7, 11) is -2.08. The fraction of sp³-hybridized carbons (Fsp3) is 0.143. The van der Waals surface area contributed by atoms with Crippen LogP contribution in [0.5, 0.6) is 0 Å². The molecule has 0 unspecified atom stereocenters. The van der Waals surface area contributed by atoms with E-state index in [0.717, 1.165) is 5.56 Å². The maximum absolute atomic E-state index is 11.7. The number of anilines is 1. The summed E-state index contributed by atoms with van der Waals surface area (Å²) in [6, 6.07) is 11.8. The van der Waals surface area contributed by atoms with Gasteiger partial charge in [0.1, 0.15) is 0 Å². The zero-order valence-electron chi connectivity index (χ0n) is 11.2. The van der Waals surface area contributed by atoms with Gasteiger partial charge in [0, 0.05) is 22.3 Å². The maximum Gasteiger partial charge on any atom is 0.240 e. The minimum absolute atomic E-state index is 0.201. The van der Waals surface area contributed by atoms with Crippen LogP contribution in [0.1, 0.15) is 5.56 Å². The zero-order chi connectivity index (χ0) is 15.5. The number of halogens is 2. The lowest BCUT2D eigenvalue weighted by molar-refractivity contribution is 0.588. The first kappa shape index (κ1) is 16.1. The normalized spacial score (nSPS) is 11.4. The molecule has 4 nitrogen and oxygen atoms in total. The van der Waals surface area contributed by atoms with Crippen molar-refractivity contribution in [3.8, 4) is 0 Å². The van der Waals surface area contributed by atoms with Gasteiger partial charge >= 0.3 is 0 Å². The fourth-order valence-electron chi connectivity index (χ4n) is 1.77. The van der Waals surface area contributed by atoms with Crippen LogP contribution in [0.15, 0.2) is 47.4 Å². The molecule has 0 aromatic heterocycles. The first-order valence-corrected chi connectivity index (χ1v) is 8.38. The van der Waals surface area contributed by atoms with Gasteiger partial charge in [-0.1, -0.05) is 29.3 Å². The van der Waals surface area contributed by atoms with Crippen molar-refractivity contribution in [2.75, 3.05) is 12.4 Å². The number of nitrogens with one attached hydrogen (secondary N) is 2. The number of benzene rings is 2. The van der Waals surface area contributed by atoms with Crippen molar-refractivity contribution in [2.24, 2.45) is 0 Å². The van der Waals surface area contributed by atoms with Gasteiger partial charge in [-0.3, -0.25) is 0 Å². The molecule has 2 rings (SSSR count). The van der Waals surface area contributed by atoms with E-state index in [-0.39, 0.29) is 4.90 Å². The van der Waals surface area contributed by atoms with E-state index in [1.54, 1.807) is 36.4 Å². The molecule has 0 aliphatic carbocycles. The first-order chi connectivity index (χ1) is 9.92. The summed E-state index contributed by atoms with van der Waals surface area (Å²) in [6.45, 7) is 0.447. The molecular weight excluding hydrogens is 331 g/mol. The Morgan fingerprint density at radius 3 is 2.57 bits per heavy atom. The van der Waals surface area contributed by atoms with Gasteiger partial charge in [-0.2, -0.15) is 0 Å². The molecule has 0 radical (unpaired) electrons. The van der Waals surface area contributed by atoms with Gasteiger partial charge in [0.25, 0.3) is 0 Å². The van der Waals surface area contributed by atoms with Gasteiger partial charge in [-0.05, 0) is 49.0 Å². The highest BCUT2D eigenvalue weighted by molar-refractivity contribution is 7.89. The van der Waals surface area contributed by atoms with Crippen molar-refractivity contribution in [3.05, 3.63) is 58.1 Å². The van der Waals surface area contributed by atoms with E-state index in [4.69, 9.17) is 23.2 Å². The summed E-state index contributed by atoms with van der Waals surface area (Å²) in [5.74, 6) is 0. The SMILES string of the molecule is CNS(=O)(=O)c1cccc(NCc2cc(Cl)ccc2Cl)c1. The Labute approximate surface area is 134 Å². The van der Waals surface area contributed by atoms with Crippen molar-refractivity contribution in [1.29, 1.82) is 0 Å². The number of rotatable bonds is 5. The van der Waals surface area contributed by atoms with E-state index in [2.05, 4.69) is 10.0 Å². The second kappa shape index (κ2) is 6.66. The van der Waals surface area contributed by atoms with E-state index in [0.29, 0.717) is 22.3 Å². The van der Waals surface area contributed by atoms with Gasteiger partial charge in [0.2, 0.25) is 10.0 Å². The summed E-state index contributed by atoms with van der Waals surface area (Å²) in [6.07, 6.45) is 0. The molecule has 0 spiro atoms. The third kappa shape index (κ3) is 4.11. The van der Waals surface area contributed by atoms with E-state index in [9.17, 15) is 8.42 Å². The highest BCUT2D eigenvalue weighted by Crippen LogP contribution is 2.22. The van der Waals surface area contributed by atoms with E-state index >= 15 is 0 Å². The van der Waals surface area contributed by atoms with E-state index in [1.165, 1.54) is 13.1 Å². The summed E-state index contributed by atoms with van der Waals surface area (Å²) in [5, 5.41) is 4.33. The Morgan fingerprint density at radius 2 is 1.86 bits per heavy atom. The van der Waals surface area contributed by atoms with Gasteiger partial charge in [-0.15, -0.1) is 0 Å². The predicted molar refractivity (Wildman–Crippen MR) is 86.5 cm³/mol. The third-order valence-electron chi connectivity index (χ3n) is 2.90. The molecule has 2 aromatic rings. The van der Waals surface area contributed by atoms with Gasteiger partial charge in [-0.25, -0.2) is 13.1 Å². The second-order valence-corrected chi connectivity index (χ2v) is 7.05. The van der Waals surface area contributed by atoms with Crippen LogP contribution in [0, 0.1) is 0 Å². The predicted octanol–water partition coefficient (Wildman–Crippen LogP) is 3.51. The summed E-state index contributed by atoms with van der Waals surface area (Å²) >= 11 is 12.0. The molecular formula is C14H14Cl2N2O2S. The van der Waals surface area contributed by atoms with Crippen molar-refractivity contribution in [3.63, 3.8) is 0 Å². The minimum atomic E-state index is -3.46. The van der Waals surface area contributed by atoms with Crippen molar-refractivity contribution in [1.82, 2.24) is 4.72 Å². The van der Waals surface area contributed by atoms with Crippen LogP contribution in [-0.4, -0.2) is 15.5 Å². The monoisotopic (exact) mass is 344 g/mol. The molecule has 0 saturated carbocycles. The Hall–Kier alpha value is -1.27. The molecule has 21 heavy (non-hydrogen) atoms. The van der Waals surface area contributed by atoms with Crippen LogP contribution in [0.25, 0.3) is 0 Å². The van der Waals surface area contributed by atoms with Gasteiger partial charge in [0.15, 0.2) is 0 Å². The van der Waals surface area contributed by atoms with Crippen molar-refractivity contribution < 1.29 is 8.42 Å². The smallest absolute Gasteiger partial charge is 0.240 e. The quantitative estimate of drug-likeness (QED) is 0.872. The zero-order valence-corrected chi connectivity index (χ0v) is 13.6. The standard InChI is InChI=1S/C14H14Cl2N2O2S/c1-17-21(19,20)13-4-2-3-12(8-13)18-9-10-7-11(15)5-6-14(10)16/h2-8,17-18H,9H2,1H3. The number of sulfonamides is 1. The molecule has 0 fully saturated rings. The number of hydrogen-bond donors (Lipinski definition) is 2. The molecule has 0 atom stereocenters. The molecule has 2 aromatic carbocycles. The van der Waals surface area contributed by atoms with Crippen LogP contribution in [0.4, 0.5) is 5.69 Å². The van der Waals surface area contributed by atoms with Crippen LogP contribution in [-0.2, 0) is 16.6 Å². The van der Waals surface area contributed by atoms with E-state index < -0.39 is 10.0 Å². The largest absolute Gasteiger partial charge is 0.381 e. The Bertz CT molecular complexity index is 748. The van der Waals surface area contributed by atoms with Crippen molar-refractivity contribution in [2.45, 2.75) is 11.4 Å². The highest BCUT2D eigenvalue weighted by atomic mass is 35.5. The molecule has 0 bridgehead atoms. The van der Waals surface area contributed by atoms with E-state index in [1.807, 2.05) is 0 Å². The second-order valence-electron chi connectivity index (χ2n) is 4.32. The topological polar surface area (TPSA) is 58.2 Å². The lowest BCUT2D eigenvalue weighted by Crippen LogP contribution is -2.18. The highest BCUT2D eigenvalue weighted by Gasteiger charge is 2.11.